The van der Waals surface area contributed by atoms with Crippen LogP contribution in [-0.4, -0.2) is 11.5 Å². The minimum Gasteiger partial charge on any atom is -0.310 e. The minimum atomic E-state index is 0.392. The second kappa shape index (κ2) is 5.49. The highest BCUT2D eigenvalue weighted by Gasteiger charge is 2.01. The average molecular weight is 176 g/mol. The summed E-state index contributed by atoms with van der Waals surface area (Å²) in [6, 6.07) is 4.46. The molecule has 2 heteroatoms. The fourth-order valence-electron chi connectivity index (χ4n) is 1.17. The molecule has 0 aliphatic rings. The molecule has 0 saturated carbocycles. The molecule has 0 fully saturated rings. The summed E-state index contributed by atoms with van der Waals surface area (Å²) in [5.41, 5.74) is 1.28. The van der Waals surface area contributed by atoms with Gasteiger partial charge in [0.25, 0.3) is 0 Å². The quantitative estimate of drug-likeness (QED) is 0.550. The van der Waals surface area contributed by atoms with E-state index in [1.165, 1.54) is 5.56 Å². The molecule has 1 N–H and O–H groups in total. The van der Waals surface area contributed by atoms with Crippen molar-refractivity contribution < 1.29 is 0 Å². The van der Waals surface area contributed by atoms with Crippen LogP contribution in [0.5, 0.6) is 0 Å². The molecule has 1 rings (SSSR count). The molecule has 0 spiro atoms. The van der Waals surface area contributed by atoms with Gasteiger partial charge in [0, 0.05) is 18.4 Å². The normalized spacial score (nSPS) is 12.4. The summed E-state index contributed by atoms with van der Waals surface area (Å²) in [5, 5.41) is 3.40. The van der Waals surface area contributed by atoms with Gasteiger partial charge >= 0.3 is 0 Å². The number of nitrogens with one attached hydrogen (secondary N) is 1. The first-order valence-corrected chi connectivity index (χ1v) is 4.59. The Bertz CT molecular complexity index is 244. The summed E-state index contributed by atoms with van der Waals surface area (Å²) in [5.74, 6) is 0. The third-order valence-corrected chi connectivity index (χ3v) is 2.01. The van der Waals surface area contributed by atoms with E-state index in [0.717, 1.165) is 13.0 Å². The molecule has 1 heterocycles. The highest BCUT2D eigenvalue weighted by molar-refractivity contribution is 5.13. The summed E-state index contributed by atoms with van der Waals surface area (Å²) < 4.78 is 0. The van der Waals surface area contributed by atoms with E-state index in [1.807, 2.05) is 30.6 Å². The SMILES string of the molecule is C=CCCN[C@H](C)c1ccncc1. The fourth-order valence-corrected chi connectivity index (χ4v) is 1.17. The standard InChI is InChI=1S/C11H16N2/c1-3-4-7-13-10(2)11-5-8-12-9-6-11/h3,5-6,8-10,13H,1,4,7H2,2H3/t10-/m1/s1. The van der Waals surface area contributed by atoms with Crippen molar-refractivity contribution in [1.29, 1.82) is 0 Å². The molecule has 2 nitrogen and oxygen atoms in total. The van der Waals surface area contributed by atoms with Gasteiger partial charge in [-0.2, -0.15) is 0 Å². The highest BCUT2D eigenvalue weighted by atomic mass is 14.9. The second-order valence-corrected chi connectivity index (χ2v) is 3.03. The van der Waals surface area contributed by atoms with Gasteiger partial charge in [-0.25, -0.2) is 0 Å². The fraction of sp³-hybridized carbons (Fsp3) is 0.364. The molecule has 0 radical (unpaired) electrons. The number of pyridine rings is 1. The first kappa shape index (κ1) is 9.93. The summed E-state index contributed by atoms with van der Waals surface area (Å²) in [4.78, 5) is 3.98. The Morgan fingerprint density at radius 1 is 1.54 bits per heavy atom. The van der Waals surface area contributed by atoms with Gasteiger partial charge < -0.3 is 5.32 Å². The monoisotopic (exact) mass is 176 g/mol. The zero-order valence-corrected chi connectivity index (χ0v) is 8.03. The molecule has 1 atom stereocenters. The highest BCUT2D eigenvalue weighted by Crippen LogP contribution is 2.09. The van der Waals surface area contributed by atoms with Crippen LogP contribution >= 0.6 is 0 Å². The van der Waals surface area contributed by atoms with Crippen LogP contribution < -0.4 is 5.32 Å². The van der Waals surface area contributed by atoms with E-state index in [9.17, 15) is 0 Å². The largest absolute Gasteiger partial charge is 0.310 e. The molecule has 0 bridgehead atoms. The molecule has 1 aromatic rings. The van der Waals surface area contributed by atoms with Gasteiger partial charge in [-0.3, -0.25) is 4.98 Å². The van der Waals surface area contributed by atoms with Gasteiger partial charge in [0.15, 0.2) is 0 Å². The Balaban J connectivity index is 2.39. The van der Waals surface area contributed by atoms with Crippen LogP contribution in [0, 0.1) is 0 Å². The van der Waals surface area contributed by atoms with E-state index in [2.05, 4.69) is 23.8 Å². The van der Waals surface area contributed by atoms with Crippen LogP contribution in [0.3, 0.4) is 0 Å². The molecule has 70 valence electrons. The lowest BCUT2D eigenvalue weighted by Gasteiger charge is -2.12. The molecular formula is C11H16N2. The van der Waals surface area contributed by atoms with Crippen molar-refractivity contribution in [1.82, 2.24) is 10.3 Å². The molecule has 0 aliphatic heterocycles. The summed E-state index contributed by atoms with van der Waals surface area (Å²) in [6.45, 7) is 6.81. The molecule has 0 aromatic carbocycles. The molecular weight excluding hydrogens is 160 g/mol. The molecule has 13 heavy (non-hydrogen) atoms. The first-order chi connectivity index (χ1) is 6.34. The zero-order valence-electron chi connectivity index (χ0n) is 8.03. The lowest BCUT2D eigenvalue weighted by molar-refractivity contribution is 0.581. The van der Waals surface area contributed by atoms with Crippen LogP contribution in [0.2, 0.25) is 0 Å². The maximum absolute atomic E-state index is 3.98. The zero-order chi connectivity index (χ0) is 9.52. The van der Waals surface area contributed by atoms with Crippen LogP contribution in [0.4, 0.5) is 0 Å². The number of aromatic nitrogens is 1. The van der Waals surface area contributed by atoms with Gasteiger partial charge in [0.05, 0.1) is 0 Å². The van der Waals surface area contributed by atoms with Crippen molar-refractivity contribution >= 4 is 0 Å². The lowest BCUT2D eigenvalue weighted by Crippen LogP contribution is -2.19. The molecule has 1 aromatic heterocycles. The van der Waals surface area contributed by atoms with Crippen molar-refractivity contribution in [3.8, 4) is 0 Å². The molecule has 0 amide bonds. The molecule has 0 saturated heterocycles. The first-order valence-electron chi connectivity index (χ1n) is 4.59. The minimum absolute atomic E-state index is 0.392. The lowest BCUT2D eigenvalue weighted by atomic mass is 10.1. The molecule has 0 unspecified atom stereocenters. The second-order valence-electron chi connectivity index (χ2n) is 3.03. The predicted octanol–water partition coefficient (Wildman–Crippen LogP) is 2.31. The van der Waals surface area contributed by atoms with Crippen LogP contribution in [0.1, 0.15) is 24.9 Å². The van der Waals surface area contributed by atoms with Gasteiger partial charge in [-0.05, 0) is 37.6 Å². The summed E-state index contributed by atoms with van der Waals surface area (Å²) in [6.07, 6.45) is 6.57. The molecule has 0 aliphatic carbocycles. The topological polar surface area (TPSA) is 24.9 Å². The van der Waals surface area contributed by atoms with Crippen molar-refractivity contribution in [3.05, 3.63) is 42.7 Å². The van der Waals surface area contributed by atoms with Crippen molar-refractivity contribution in [2.75, 3.05) is 6.54 Å². The van der Waals surface area contributed by atoms with E-state index in [4.69, 9.17) is 0 Å². The maximum Gasteiger partial charge on any atom is 0.0293 e. The van der Waals surface area contributed by atoms with E-state index in [-0.39, 0.29) is 0 Å². The maximum atomic E-state index is 3.98. The van der Waals surface area contributed by atoms with Crippen LogP contribution in [0.15, 0.2) is 37.2 Å². The summed E-state index contributed by atoms with van der Waals surface area (Å²) in [7, 11) is 0. The van der Waals surface area contributed by atoms with E-state index < -0.39 is 0 Å². The van der Waals surface area contributed by atoms with Crippen LogP contribution in [0.25, 0.3) is 0 Å². The van der Waals surface area contributed by atoms with Crippen molar-refractivity contribution in [3.63, 3.8) is 0 Å². The Morgan fingerprint density at radius 2 is 2.23 bits per heavy atom. The Kier molecular flexibility index (Phi) is 4.19. The van der Waals surface area contributed by atoms with Crippen molar-refractivity contribution in [2.45, 2.75) is 19.4 Å². The van der Waals surface area contributed by atoms with Crippen molar-refractivity contribution in [2.24, 2.45) is 0 Å². The number of nitrogens with zero attached hydrogens (tertiary/aromatic N) is 1. The van der Waals surface area contributed by atoms with Gasteiger partial charge in [0.1, 0.15) is 0 Å². The number of hydrogen-bond acceptors (Lipinski definition) is 2. The Labute approximate surface area is 79.7 Å². The third kappa shape index (κ3) is 3.38. The summed E-state index contributed by atoms with van der Waals surface area (Å²) >= 11 is 0. The average Bonchev–Trinajstić information content (AvgIpc) is 2.19. The third-order valence-electron chi connectivity index (χ3n) is 2.01. The van der Waals surface area contributed by atoms with Crippen LogP contribution in [-0.2, 0) is 0 Å². The Morgan fingerprint density at radius 3 is 2.85 bits per heavy atom. The van der Waals surface area contributed by atoms with Gasteiger partial charge in [0.2, 0.25) is 0 Å². The number of hydrogen-bond donors (Lipinski definition) is 1. The van der Waals surface area contributed by atoms with Gasteiger partial charge in [-0.1, -0.05) is 6.08 Å². The Hall–Kier alpha value is -1.15. The van der Waals surface area contributed by atoms with Gasteiger partial charge in [-0.15, -0.1) is 6.58 Å². The van der Waals surface area contributed by atoms with E-state index >= 15 is 0 Å². The number of rotatable bonds is 5. The predicted molar refractivity (Wildman–Crippen MR) is 55.5 cm³/mol. The smallest absolute Gasteiger partial charge is 0.0293 e. The van der Waals surface area contributed by atoms with E-state index in [1.54, 1.807) is 0 Å². The van der Waals surface area contributed by atoms with E-state index in [0.29, 0.717) is 6.04 Å².